The molecule has 2 aliphatic rings. The molecule has 1 aromatic rings. The highest BCUT2D eigenvalue weighted by atomic mass is 79.9. The number of anilines is 1. The standard InChI is InChI=1S/C13H15BrN2O/c1-9(17)16-7-10-6-15(8-13(10)16)12-4-2-3-11(14)5-12/h2-5,10,13H,6-8H2,1H3. The molecule has 17 heavy (non-hydrogen) atoms. The molecule has 2 fully saturated rings. The Hall–Kier alpha value is -1.03. The summed E-state index contributed by atoms with van der Waals surface area (Å²) in [5, 5.41) is 0. The minimum Gasteiger partial charge on any atom is -0.369 e. The van der Waals surface area contributed by atoms with E-state index in [0.717, 1.165) is 24.1 Å². The van der Waals surface area contributed by atoms with E-state index in [-0.39, 0.29) is 5.91 Å². The molecule has 2 aliphatic heterocycles. The van der Waals surface area contributed by atoms with E-state index in [2.05, 4.69) is 39.0 Å². The van der Waals surface area contributed by atoms with Crippen LogP contribution in [0.4, 0.5) is 5.69 Å². The predicted octanol–water partition coefficient (Wildman–Crippen LogP) is 2.12. The summed E-state index contributed by atoms with van der Waals surface area (Å²) in [6.45, 7) is 4.65. The summed E-state index contributed by atoms with van der Waals surface area (Å²) >= 11 is 3.50. The van der Waals surface area contributed by atoms with E-state index in [1.807, 2.05) is 11.0 Å². The van der Waals surface area contributed by atoms with Gasteiger partial charge in [-0.1, -0.05) is 22.0 Å². The third kappa shape index (κ3) is 1.84. The van der Waals surface area contributed by atoms with Gasteiger partial charge >= 0.3 is 0 Å². The van der Waals surface area contributed by atoms with Crippen LogP contribution in [0.25, 0.3) is 0 Å². The Morgan fingerprint density at radius 2 is 2.18 bits per heavy atom. The molecule has 1 aromatic carbocycles. The average molecular weight is 295 g/mol. The van der Waals surface area contributed by atoms with Gasteiger partial charge in [0.15, 0.2) is 0 Å². The van der Waals surface area contributed by atoms with Crippen LogP contribution in [0.2, 0.25) is 0 Å². The quantitative estimate of drug-likeness (QED) is 0.792. The molecule has 1 amide bonds. The number of hydrogen-bond acceptors (Lipinski definition) is 2. The lowest BCUT2D eigenvalue weighted by Gasteiger charge is -2.42. The third-order valence-electron chi connectivity index (χ3n) is 3.82. The van der Waals surface area contributed by atoms with Crippen molar-refractivity contribution >= 4 is 27.5 Å². The van der Waals surface area contributed by atoms with Crippen molar-refractivity contribution in [1.29, 1.82) is 0 Å². The van der Waals surface area contributed by atoms with Crippen LogP contribution < -0.4 is 4.90 Å². The first-order valence-electron chi connectivity index (χ1n) is 5.93. The summed E-state index contributed by atoms with van der Waals surface area (Å²) in [6.07, 6.45) is 0. The Morgan fingerprint density at radius 3 is 2.88 bits per heavy atom. The molecule has 0 N–H and O–H groups in total. The summed E-state index contributed by atoms with van der Waals surface area (Å²) < 4.78 is 1.11. The van der Waals surface area contributed by atoms with Crippen molar-refractivity contribution in [3.05, 3.63) is 28.7 Å². The molecule has 0 saturated carbocycles. The fraction of sp³-hybridized carbons (Fsp3) is 0.462. The summed E-state index contributed by atoms with van der Waals surface area (Å²) in [7, 11) is 0. The molecule has 4 heteroatoms. The number of hydrogen-bond donors (Lipinski definition) is 0. The van der Waals surface area contributed by atoms with Gasteiger partial charge in [0.1, 0.15) is 0 Å². The van der Waals surface area contributed by atoms with E-state index in [0.29, 0.717) is 12.0 Å². The lowest BCUT2D eigenvalue weighted by atomic mass is 9.92. The molecule has 2 heterocycles. The fourth-order valence-corrected chi connectivity index (χ4v) is 3.27. The maximum Gasteiger partial charge on any atom is 0.219 e. The van der Waals surface area contributed by atoms with E-state index in [9.17, 15) is 4.79 Å². The highest BCUT2D eigenvalue weighted by Gasteiger charge is 2.46. The Bertz CT molecular complexity index is 462. The molecule has 0 bridgehead atoms. The minimum absolute atomic E-state index is 0.211. The molecule has 90 valence electrons. The number of carbonyl (C=O) groups excluding carboxylic acids is 1. The zero-order valence-electron chi connectivity index (χ0n) is 9.77. The normalized spacial score (nSPS) is 26.7. The van der Waals surface area contributed by atoms with Gasteiger partial charge in [-0.25, -0.2) is 0 Å². The number of halogens is 1. The number of nitrogens with zero attached hydrogens (tertiary/aromatic N) is 2. The molecule has 0 aliphatic carbocycles. The van der Waals surface area contributed by atoms with Crippen molar-refractivity contribution in [2.75, 3.05) is 24.5 Å². The zero-order chi connectivity index (χ0) is 12.0. The highest BCUT2D eigenvalue weighted by molar-refractivity contribution is 9.10. The predicted molar refractivity (Wildman–Crippen MR) is 71.0 cm³/mol. The van der Waals surface area contributed by atoms with Gasteiger partial charge < -0.3 is 9.80 Å². The second kappa shape index (κ2) is 4.02. The van der Waals surface area contributed by atoms with E-state index in [4.69, 9.17) is 0 Å². The van der Waals surface area contributed by atoms with Crippen LogP contribution in [-0.2, 0) is 4.79 Å². The molecular formula is C13H15BrN2O. The SMILES string of the molecule is CC(=O)N1CC2CN(c3cccc(Br)c3)CC21. The summed E-state index contributed by atoms with van der Waals surface area (Å²) in [6, 6.07) is 8.81. The summed E-state index contributed by atoms with van der Waals surface area (Å²) in [4.78, 5) is 15.7. The van der Waals surface area contributed by atoms with Crippen LogP contribution >= 0.6 is 15.9 Å². The Balaban J connectivity index is 1.75. The summed E-state index contributed by atoms with van der Waals surface area (Å²) in [5.41, 5.74) is 1.25. The van der Waals surface area contributed by atoms with Crippen molar-refractivity contribution in [3.63, 3.8) is 0 Å². The molecule has 2 unspecified atom stereocenters. The van der Waals surface area contributed by atoms with Crippen LogP contribution in [0.3, 0.4) is 0 Å². The minimum atomic E-state index is 0.211. The fourth-order valence-electron chi connectivity index (χ4n) is 2.88. The monoisotopic (exact) mass is 294 g/mol. The first-order chi connectivity index (χ1) is 8.15. The number of amides is 1. The first kappa shape index (κ1) is 11.1. The van der Waals surface area contributed by atoms with Crippen molar-refractivity contribution in [1.82, 2.24) is 4.90 Å². The molecule has 0 radical (unpaired) electrons. The van der Waals surface area contributed by atoms with Crippen LogP contribution in [-0.4, -0.2) is 36.5 Å². The average Bonchev–Trinajstić information content (AvgIpc) is 2.56. The topological polar surface area (TPSA) is 23.6 Å². The molecule has 0 aromatic heterocycles. The Labute approximate surface area is 110 Å². The van der Waals surface area contributed by atoms with Crippen molar-refractivity contribution in [3.8, 4) is 0 Å². The maximum absolute atomic E-state index is 11.4. The summed E-state index contributed by atoms with van der Waals surface area (Å²) in [5.74, 6) is 0.875. The maximum atomic E-state index is 11.4. The molecule has 3 rings (SSSR count). The second-order valence-electron chi connectivity index (χ2n) is 4.88. The lowest BCUT2D eigenvalue weighted by Crippen LogP contribution is -2.57. The van der Waals surface area contributed by atoms with Crippen LogP contribution in [0, 0.1) is 5.92 Å². The highest BCUT2D eigenvalue weighted by Crippen LogP contribution is 2.35. The molecular weight excluding hydrogens is 280 g/mol. The van der Waals surface area contributed by atoms with E-state index >= 15 is 0 Å². The van der Waals surface area contributed by atoms with E-state index in [1.54, 1.807) is 6.92 Å². The van der Waals surface area contributed by atoms with Gasteiger partial charge in [-0.15, -0.1) is 0 Å². The number of benzene rings is 1. The van der Waals surface area contributed by atoms with Crippen LogP contribution in [0.1, 0.15) is 6.92 Å². The van der Waals surface area contributed by atoms with Crippen LogP contribution in [0.5, 0.6) is 0 Å². The van der Waals surface area contributed by atoms with Gasteiger partial charge in [0.2, 0.25) is 5.91 Å². The molecule has 3 nitrogen and oxygen atoms in total. The zero-order valence-corrected chi connectivity index (χ0v) is 11.4. The Kier molecular flexibility index (Phi) is 2.62. The second-order valence-corrected chi connectivity index (χ2v) is 5.80. The Morgan fingerprint density at radius 1 is 1.35 bits per heavy atom. The molecule has 2 saturated heterocycles. The number of rotatable bonds is 1. The van der Waals surface area contributed by atoms with Gasteiger partial charge in [0, 0.05) is 42.6 Å². The van der Waals surface area contributed by atoms with Gasteiger partial charge in [-0.3, -0.25) is 4.79 Å². The van der Waals surface area contributed by atoms with Gasteiger partial charge in [0.25, 0.3) is 0 Å². The van der Waals surface area contributed by atoms with Gasteiger partial charge in [0.05, 0.1) is 6.04 Å². The third-order valence-corrected chi connectivity index (χ3v) is 4.31. The number of fused-ring (bicyclic) bond motifs is 1. The molecule has 2 atom stereocenters. The largest absolute Gasteiger partial charge is 0.369 e. The number of likely N-dealkylation sites (tertiary alicyclic amines) is 1. The van der Waals surface area contributed by atoms with E-state index in [1.165, 1.54) is 5.69 Å². The first-order valence-corrected chi connectivity index (χ1v) is 6.72. The number of carbonyl (C=O) groups is 1. The van der Waals surface area contributed by atoms with Gasteiger partial charge in [-0.05, 0) is 18.2 Å². The van der Waals surface area contributed by atoms with E-state index < -0.39 is 0 Å². The smallest absolute Gasteiger partial charge is 0.219 e. The van der Waals surface area contributed by atoms with Gasteiger partial charge in [-0.2, -0.15) is 0 Å². The van der Waals surface area contributed by atoms with Crippen molar-refractivity contribution in [2.24, 2.45) is 5.92 Å². The van der Waals surface area contributed by atoms with Crippen LogP contribution in [0.15, 0.2) is 28.7 Å². The lowest BCUT2D eigenvalue weighted by molar-refractivity contribution is -0.138. The molecule has 0 spiro atoms. The van der Waals surface area contributed by atoms with Crippen molar-refractivity contribution in [2.45, 2.75) is 13.0 Å². The van der Waals surface area contributed by atoms with Crippen molar-refractivity contribution < 1.29 is 4.79 Å².